The summed E-state index contributed by atoms with van der Waals surface area (Å²) in [5, 5.41) is 9.00. The molecular weight excluding hydrogens is 564 g/mol. The molecule has 0 aliphatic carbocycles. The van der Waals surface area contributed by atoms with Crippen molar-refractivity contribution in [3.8, 4) is 28.7 Å². The van der Waals surface area contributed by atoms with Crippen molar-refractivity contribution in [1.29, 1.82) is 0 Å². The molecule has 0 aliphatic heterocycles. The van der Waals surface area contributed by atoms with Gasteiger partial charge in [0, 0.05) is 38.1 Å². The fourth-order valence-electron chi connectivity index (χ4n) is 7.03. The highest BCUT2D eigenvalue weighted by Crippen LogP contribution is 2.46. The van der Waals surface area contributed by atoms with Crippen LogP contribution in [0.1, 0.15) is 0 Å². The standard InChI is InChI=1S/C41H24N4O/c1-3-14-26(15-4-1)39-42-40(27-16-5-2-6-17-27)44-41(43-39)45-36-28-18-8-7-13-25(28)23-24-32(36)34-29-19-9-10-20-30(29)35-31-21-11-12-22-33(31)46-38(35)37(34)45/h1-24H. The zero-order valence-corrected chi connectivity index (χ0v) is 24.6. The summed E-state index contributed by atoms with van der Waals surface area (Å²) in [6.07, 6.45) is 0. The Bertz CT molecular complexity index is 2740. The van der Waals surface area contributed by atoms with Crippen LogP contribution in [0.5, 0.6) is 0 Å². The fraction of sp³-hybridized carbons (Fsp3) is 0. The third-order valence-electron chi connectivity index (χ3n) is 9.02. The van der Waals surface area contributed by atoms with Crippen molar-refractivity contribution in [3.63, 3.8) is 0 Å². The summed E-state index contributed by atoms with van der Waals surface area (Å²) >= 11 is 0. The Balaban J connectivity index is 1.47. The van der Waals surface area contributed by atoms with Crippen LogP contribution in [0.25, 0.3) is 94.0 Å². The number of hydrogen-bond acceptors (Lipinski definition) is 4. The van der Waals surface area contributed by atoms with E-state index in [0.29, 0.717) is 17.6 Å². The third kappa shape index (κ3) is 3.54. The van der Waals surface area contributed by atoms with Gasteiger partial charge in [0.2, 0.25) is 5.95 Å². The second kappa shape index (κ2) is 9.58. The number of hydrogen-bond donors (Lipinski definition) is 0. The number of furan rings is 1. The van der Waals surface area contributed by atoms with Crippen molar-refractivity contribution in [1.82, 2.24) is 19.5 Å². The molecule has 0 saturated heterocycles. The van der Waals surface area contributed by atoms with E-state index in [9.17, 15) is 0 Å². The fourth-order valence-corrected chi connectivity index (χ4v) is 7.03. The Hall–Kier alpha value is -6.33. The van der Waals surface area contributed by atoms with Crippen LogP contribution in [0.4, 0.5) is 0 Å². The zero-order valence-electron chi connectivity index (χ0n) is 24.6. The maximum absolute atomic E-state index is 6.82. The molecule has 0 aliphatic rings. The first kappa shape index (κ1) is 25.0. The number of nitrogens with zero attached hydrogens (tertiary/aromatic N) is 4. The summed E-state index contributed by atoms with van der Waals surface area (Å²) in [6, 6.07) is 50.1. The van der Waals surface area contributed by atoms with Crippen LogP contribution in [-0.4, -0.2) is 19.5 Å². The minimum atomic E-state index is 0.543. The van der Waals surface area contributed by atoms with Crippen LogP contribution in [0.2, 0.25) is 0 Å². The SMILES string of the molecule is c1ccc(-c2nc(-c3ccccc3)nc(-n3c4c5ccccc5ccc4c4c5ccccc5c5c6ccccc6oc5c43)n2)cc1. The van der Waals surface area contributed by atoms with Crippen LogP contribution in [0.3, 0.4) is 0 Å². The van der Waals surface area contributed by atoms with Crippen molar-refractivity contribution in [2.75, 3.05) is 0 Å². The molecule has 0 N–H and O–H groups in total. The van der Waals surface area contributed by atoms with E-state index in [-0.39, 0.29) is 0 Å². The number of para-hydroxylation sites is 1. The molecule has 3 aromatic heterocycles. The van der Waals surface area contributed by atoms with Gasteiger partial charge < -0.3 is 4.42 Å². The monoisotopic (exact) mass is 588 g/mol. The Kier molecular flexibility index (Phi) is 5.22. The van der Waals surface area contributed by atoms with Crippen LogP contribution >= 0.6 is 0 Å². The molecule has 0 atom stereocenters. The largest absolute Gasteiger partial charge is 0.454 e. The second-order valence-electron chi connectivity index (χ2n) is 11.6. The average molecular weight is 589 g/mol. The van der Waals surface area contributed by atoms with Gasteiger partial charge in [0.1, 0.15) is 11.1 Å². The molecule has 10 aromatic rings. The molecule has 214 valence electrons. The first-order chi connectivity index (χ1) is 22.8. The topological polar surface area (TPSA) is 56.7 Å². The molecule has 46 heavy (non-hydrogen) atoms. The molecule has 0 radical (unpaired) electrons. The highest BCUT2D eigenvalue weighted by molar-refractivity contribution is 6.36. The van der Waals surface area contributed by atoms with Gasteiger partial charge in [-0.15, -0.1) is 0 Å². The molecule has 3 heterocycles. The first-order valence-corrected chi connectivity index (χ1v) is 15.4. The van der Waals surface area contributed by atoms with Gasteiger partial charge in [-0.1, -0.05) is 140 Å². The Morgan fingerprint density at radius 3 is 1.67 bits per heavy atom. The molecule has 0 bridgehead atoms. The zero-order chi connectivity index (χ0) is 30.2. The Morgan fingerprint density at radius 2 is 0.978 bits per heavy atom. The van der Waals surface area contributed by atoms with Gasteiger partial charge in [0.05, 0.1) is 5.52 Å². The van der Waals surface area contributed by atoms with Crippen molar-refractivity contribution >= 4 is 65.3 Å². The van der Waals surface area contributed by atoms with Crippen molar-refractivity contribution in [2.24, 2.45) is 0 Å². The predicted molar refractivity (Wildman–Crippen MR) is 187 cm³/mol. The summed E-state index contributed by atoms with van der Waals surface area (Å²) in [5.41, 5.74) is 5.50. The summed E-state index contributed by atoms with van der Waals surface area (Å²) in [7, 11) is 0. The van der Waals surface area contributed by atoms with Gasteiger partial charge >= 0.3 is 0 Å². The van der Waals surface area contributed by atoms with E-state index in [4.69, 9.17) is 19.4 Å². The van der Waals surface area contributed by atoms with Crippen molar-refractivity contribution < 1.29 is 4.42 Å². The lowest BCUT2D eigenvalue weighted by molar-refractivity contribution is 0.671. The lowest BCUT2D eigenvalue weighted by atomic mass is 9.98. The minimum absolute atomic E-state index is 0.543. The third-order valence-corrected chi connectivity index (χ3v) is 9.02. The summed E-state index contributed by atoms with van der Waals surface area (Å²) < 4.78 is 9.03. The van der Waals surface area contributed by atoms with Gasteiger partial charge in [-0.2, -0.15) is 9.97 Å². The smallest absolute Gasteiger partial charge is 0.238 e. The molecule has 7 aromatic carbocycles. The van der Waals surface area contributed by atoms with E-state index in [1.54, 1.807) is 0 Å². The van der Waals surface area contributed by atoms with E-state index in [2.05, 4.69) is 77.4 Å². The van der Waals surface area contributed by atoms with Gasteiger partial charge in [0.15, 0.2) is 17.2 Å². The van der Waals surface area contributed by atoms with Gasteiger partial charge in [-0.05, 0) is 22.2 Å². The summed E-state index contributed by atoms with van der Waals surface area (Å²) in [4.78, 5) is 15.4. The molecule has 0 spiro atoms. The number of rotatable bonds is 3. The molecule has 0 amide bonds. The van der Waals surface area contributed by atoms with E-state index in [1.807, 2.05) is 72.8 Å². The Labute approximate surface area is 263 Å². The second-order valence-corrected chi connectivity index (χ2v) is 11.6. The molecule has 10 rings (SSSR count). The van der Waals surface area contributed by atoms with E-state index < -0.39 is 0 Å². The highest BCUT2D eigenvalue weighted by atomic mass is 16.3. The Morgan fingerprint density at radius 1 is 0.413 bits per heavy atom. The summed E-state index contributed by atoms with van der Waals surface area (Å²) in [5.74, 6) is 1.77. The molecule has 0 unspecified atom stereocenters. The molecular formula is C41H24N4O. The maximum Gasteiger partial charge on any atom is 0.238 e. The van der Waals surface area contributed by atoms with E-state index in [0.717, 1.165) is 76.4 Å². The van der Waals surface area contributed by atoms with Gasteiger partial charge in [-0.3, -0.25) is 4.57 Å². The molecule has 0 fully saturated rings. The molecule has 5 nitrogen and oxygen atoms in total. The van der Waals surface area contributed by atoms with Crippen LogP contribution < -0.4 is 0 Å². The minimum Gasteiger partial charge on any atom is -0.454 e. The van der Waals surface area contributed by atoms with Gasteiger partial charge in [-0.25, -0.2) is 4.98 Å². The van der Waals surface area contributed by atoms with E-state index in [1.165, 1.54) is 0 Å². The normalized spacial score (nSPS) is 11.9. The molecule has 0 saturated carbocycles. The lowest BCUT2D eigenvalue weighted by Crippen LogP contribution is -2.06. The lowest BCUT2D eigenvalue weighted by Gasteiger charge is -2.12. The maximum atomic E-state index is 6.82. The number of benzene rings is 7. The van der Waals surface area contributed by atoms with Gasteiger partial charge in [0.25, 0.3) is 0 Å². The predicted octanol–water partition coefficient (Wildman–Crippen LogP) is 10.5. The van der Waals surface area contributed by atoms with E-state index >= 15 is 0 Å². The van der Waals surface area contributed by atoms with Crippen LogP contribution in [0.15, 0.2) is 150 Å². The first-order valence-electron chi connectivity index (χ1n) is 15.4. The van der Waals surface area contributed by atoms with Crippen LogP contribution in [-0.2, 0) is 0 Å². The average Bonchev–Trinajstić information content (AvgIpc) is 3.70. The van der Waals surface area contributed by atoms with Crippen LogP contribution in [0, 0.1) is 0 Å². The van der Waals surface area contributed by atoms with Crippen molar-refractivity contribution in [2.45, 2.75) is 0 Å². The quantitative estimate of drug-likeness (QED) is 0.206. The highest BCUT2D eigenvalue weighted by Gasteiger charge is 2.26. The number of aromatic nitrogens is 4. The number of fused-ring (bicyclic) bond motifs is 12. The van der Waals surface area contributed by atoms with Crippen molar-refractivity contribution in [3.05, 3.63) is 146 Å². The molecule has 5 heteroatoms. The summed E-state index contributed by atoms with van der Waals surface area (Å²) in [6.45, 7) is 0.